The molecule has 0 saturated carbocycles. The van der Waals surface area contributed by atoms with E-state index in [1.165, 1.54) is 0 Å². The molecule has 206 valence electrons. The van der Waals surface area contributed by atoms with Gasteiger partial charge in [0.1, 0.15) is 0 Å². The minimum atomic E-state index is -0.971. The molecule has 1 aliphatic rings. The molecule has 1 unspecified atom stereocenters. The summed E-state index contributed by atoms with van der Waals surface area (Å²) in [6.07, 6.45) is 0. The highest BCUT2D eigenvalue weighted by atomic mass is 16.4. The summed E-state index contributed by atoms with van der Waals surface area (Å²) in [5, 5.41) is 20.0. The molecule has 6 aromatic rings. The zero-order chi connectivity index (χ0) is 29.5. The van der Waals surface area contributed by atoms with Gasteiger partial charge >= 0.3 is 11.9 Å². The van der Waals surface area contributed by atoms with E-state index in [1.807, 2.05) is 103 Å². The predicted octanol–water partition coefficient (Wildman–Crippen LogP) is 9.24. The molecule has 0 fully saturated rings. The lowest BCUT2D eigenvalue weighted by Gasteiger charge is -2.20. The smallest absolute Gasteiger partial charge is 0.336 e. The molecule has 1 aliphatic carbocycles. The molecule has 0 amide bonds. The molecule has 0 heterocycles. The second kappa shape index (κ2) is 10.6. The van der Waals surface area contributed by atoms with Crippen LogP contribution in [0, 0.1) is 0 Å². The maximum absolute atomic E-state index is 12.2. The van der Waals surface area contributed by atoms with E-state index in [2.05, 4.69) is 24.3 Å². The Bertz CT molecular complexity index is 2030. The highest BCUT2D eigenvalue weighted by Crippen LogP contribution is 2.52. The highest BCUT2D eigenvalue weighted by molar-refractivity contribution is 5.99. The first-order valence-electron chi connectivity index (χ1n) is 14.1. The van der Waals surface area contributed by atoms with Gasteiger partial charge in [0.25, 0.3) is 0 Å². The number of carboxylic acid groups (broad SMARTS) is 2. The van der Waals surface area contributed by atoms with Crippen LogP contribution in [0.15, 0.2) is 140 Å². The topological polar surface area (TPSA) is 74.6 Å². The maximum atomic E-state index is 12.2. The summed E-state index contributed by atoms with van der Waals surface area (Å²) >= 11 is 0. The summed E-state index contributed by atoms with van der Waals surface area (Å²) in [7, 11) is 0. The van der Waals surface area contributed by atoms with Crippen LogP contribution in [-0.4, -0.2) is 22.2 Å². The van der Waals surface area contributed by atoms with Gasteiger partial charge in [0.2, 0.25) is 0 Å². The van der Waals surface area contributed by atoms with Crippen LogP contribution in [0.4, 0.5) is 0 Å². The van der Waals surface area contributed by atoms with Crippen molar-refractivity contribution >= 4 is 11.9 Å². The van der Waals surface area contributed by atoms with Crippen molar-refractivity contribution < 1.29 is 19.8 Å². The molecule has 0 aromatic heterocycles. The van der Waals surface area contributed by atoms with Crippen LogP contribution in [0.25, 0.3) is 44.5 Å². The average Bonchev–Trinajstić information content (AvgIpc) is 3.39. The number of aromatic carboxylic acids is 2. The standard InChI is InChI=1S/C39H26O4/c40-38(41)32-20-18-26(22-34(32)24-10-3-1-4-11-24)28-16-9-17-31-29-14-7-8-15-30(29)36(37(28)31)27-19-21-33(39(42)43)35(23-27)25-12-5-2-6-13-25/h1-23,36H,(H,40,41)(H,42,43). The molecule has 4 nitrogen and oxygen atoms in total. The van der Waals surface area contributed by atoms with Crippen LogP contribution in [0.2, 0.25) is 0 Å². The highest BCUT2D eigenvalue weighted by Gasteiger charge is 2.33. The summed E-state index contributed by atoms with van der Waals surface area (Å²) in [6.45, 7) is 0. The van der Waals surface area contributed by atoms with Gasteiger partial charge in [-0.1, -0.05) is 115 Å². The second-order valence-electron chi connectivity index (χ2n) is 10.7. The second-order valence-corrected chi connectivity index (χ2v) is 10.7. The first-order valence-corrected chi connectivity index (χ1v) is 14.1. The molecule has 1 atom stereocenters. The van der Waals surface area contributed by atoms with E-state index in [0.717, 1.165) is 50.1 Å². The molecule has 0 radical (unpaired) electrons. The Morgan fingerprint density at radius 1 is 0.442 bits per heavy atom. The van der Waals surface area contributed by atoms with E-state index in [-0.39, 0.29) is 17.0 Å². The molecule has 0 bridgehead atoms. The quantitative estimate of drug-likeness (QED) is 0.213. The number of hydrogen-bond donors (Lipinski definition) is 2. The number of benzene rings is 6. The first-order chi connectivity index (χ1) is 21.0. The fourth-order valence-electron chi connectivity index (χ4n) is 6.40. The van der Waals surface area contributed by atoms with E-state index in [9.17, 15) is 19.8 Å². The number of fused-ring (bicyclic) bond motifs is 3. The third kappa shape index (κ3) is 4.50. The lowest BCUT2D eigenvalue weighted by molar-refractivity contribution is 0.0687. The molecule has 43 heavy (non-hydrogen) atoms. The van der Waals surface area contributed by atoms with Gasteiger partial charge in [-0.2, -0.15) is 0 Å². The fraction of sp³-hybridized carbons (Fsp3) is 0.0256. The Morgan fingerprint density at radius 3 is 1.63 bits per heavy atom. The lowest BCUT2D eigenvalue weighted by Crippen LogP contribution is -2.05. The van der Waals surface area contributed by atoms with Gasteiger partial charge in [-0.3, -0.25) is 0 Å². The van der Waals surface area contributed by atoms with Crippen molar-refractivity contribution in [3.8, 4) is 44.5 Å². The molecule has 6 aromatic carbocycles. The van der Waals surface area contributed by atoms with Crippen LogP contribution in [0.1, 0.15) is 43.3 Å². The van der Waals surface area contributed by atoms with Crippen molar-refractivity contribution in [3.05, 3.63) is 167 Å². The minimum Gasteiger partial charge on any atom is -0.478 e. The number of carboxylic acids is 2. The van der Waals surface area contributed by atoms with Crippen molar-refractivity contribution in [1.82, 2.24) is 0 Å². The van der Waals surface area contributed by atoms with Crippen LogP contribution in [0.5, 0.6) is 0 Å². The molecular formula is C39H26O4. The van der Waals surface area contributed by atoms with Crippen molar-refractivity contribution in [2.45, 2.75) is 5.92 Å². The Labute approximate surface area is 249 Å². The SMILES string of the molecule is O=C(O)c1ccc(-c2cccc3c2C(c2ccc(C(=O)O)c(-c4ccccc4)c2)c2ccccc2-3)cc1-c1ccccc1. The van der Waals surface area contributed by atoms with Gasteiger partial charge in [0.05, 0.1) is 11.1 Å². The van der Waals surface area contributed by atoms with Gasteiger partial charge in [0.15, 0.2) is 0 Å². The van der Waals surface area contributed by atoms with Crippen molar-refractivity contribution in [2.75, 3.05) is 0 Å². The zero-order valence-corrected chi connectivity index (χ0v) is 23.1. The Kier molecular flexibility index (Phi) is 6.44. The van der Waals surface area contributed by atoms with Gasteiger partial charge in [-0.15, -0.1) is 0 Å². The molecule has 2 N–H and O–H groups in total. The van der Waals surface area contributed by atoms with E-state index in [0.29, 0.717) is 11.1 Å². The predicted molar refractivity (Wildman–Crippen MR) is 169 cm³/mol. The summed E-state index contributed by atoms with van der Waals surface area (Å²) in [6, 6.07) is 45.0. The van der Waals surface area contributed by atoms with Crippen LogP contribution < -0.4 is 0 Å². The van der Waals surface area contributed by atoms with Crippen molar-refractivity contribution in [1.29, 1.82) is 0 Å². The van der Waals surface area contributed by atoms with Gasteiger partial charge in [0, 0.05) is 5.92 Å². The van der Waals surface area contributed by atoms with E-state index in [4.69, 9.17) is 0 Å². The maximum Gasteiger partial charge on any atom is 0.336 e. The minimum absolute atomic E-state index is 0.146. The Balaban J connectivity index is 1.46. The number of hydrogen-bond acceptors (Lipinski definition) is 2. The average molecular weight is 559 g/mol. The monoisotopic (exact) mass is 558 g/mol. The Morgan fingerprint density at radius 2 is 0.977 bits per heavy atom. The molecule has 0 aliphatic heterocycles. The van der Waals surface area contributed by atoms with Crippen LogP contribution in [-0.2, 0) is 0 Å². The zero-order valence-electron chi connectivity index (χ0n) is 23.1. The van der Waals surface area contributed by atoms with Gasteiger partial charge in [-0.05, 0) is 85.5 Å². The van der Waals surface area contributed by atoms with Crippen molar-refractivity contribution in [3.63, 3.8) is 0 Å². The molecule has 0 saturated heterocycles. The van der Waals surface area contributed by atoms with E-state index < -0.39 is 11.9 Å². The number of rotatable bonds is 6. The Hall–Kier alpha value is -5.74. The number of carbonyl (C=O) groups is 2. The van der Waals surface area contributed by atoms with Crippen LogP contribution >= 0.6 is 0 Å². The van der Waals surface area contributed by atoms with Crippen molar-refractivity contribution in [2.24, 2.45) is 0 Å². The normalized spacial score (nSPS) is 13.3. The summed E-state index contributed by atoms with van der Waals surface area (Å²) in [4.78, 5) is 24.4. The summed E-state index contributed by atoms with van der Waals surface area (Å²) in [5.74, 6) is -2.08. The lowest BCUT2D eigenvalue weighted by atomic mass is 9.82. The fourth-order valence-corrected chi connectivity index (χ4v) is 6.40. The molecule has 4 heteroatoms. The third-order valence-corrected chi connectivity index (χ3v) is 8.29. The summed E-state index contributed by atoms with van der Waals surface area (Å²) in [5.41, 5.74) is 11.0. The summed E-state index contributed by atoms with van der Waals surface area (Å²) < 4.78 is 0. The molecule has 7 rings (SSSR count). The van der Waals surface area contributed by atoms with E-state index >= 15 is 0 Å². The first kappa shape index (κ1) is 26.2. The van der Waals surface area contributed by atoms with Gasteiger partial charge < -0.3 is 10.2 Å². The third-order valence-electron chi connectivity index (χ3n) is 8.29. The largest absolute Gasteiger partial charge is 0.478 e. The molecule has 0 spiro atoms. The van der Waals surface area contributed by atoms with E-state index in [1.54, 1.807) is 12.1 Å². The molecular weight excluding hydrogens is 532 g/mol. The van der Waals surface area contributed by atoms with Gasteiger partial charge in [-0.25, -0.2) is 9.59 Å². The van der Waals surface area contributed by atoms with Crippen LogP contribution in [0.3, 0.4) is 0 Å².